The molecule has 0 saturated heterocycles. The molecule has 0 spiro atoms. The van der Waals surface area contributed by atoms with Crippen LogP contribution in [0.5, 0.6) is 5.75 Å². The van der Waals surface area contributed by atoms with E-state index >= 15 is 0 Å². The molecule has 1 aromatic rings. The maximum atomic E-state index is 11.4. The Labute approximate surface area is 99.4 Å². The molecule has 5 heteroatoms. The quantitative estimate of drug-likeness (QED) is 0.612. The number of phenolic OH excluding ortho intramolecular Hbond substituents is 1. The van der Waals surface area contributed by atoms with Gasteiger partial charge in [0.25, 0.3) is 0 Å². The van der Waals surface area contributed by atoms with Crippen molar-refractivity contribution in [2.75, 3.05) is 5.32 Å². The maximum Gasteiger partial charge on any atom is 0.412 e. The van der Waals surface area contributed by atoms with Crippen LogP contribution in [0, 0.1) is 0 Å². The first-order valence-corrected chi connectivity index (χ1v) is 5.10. The summed E-state index contributed by atoms with van der Waals surface area (Å²) in [6.07, 6.45) is -0.102. The molecule has 0 aromatic heterocycles. The van der Waals surface area contributed by atoms with Crippen molar-refractivity contribution >= 4 is 18.1 Å². The van der Waals surface area contributed by atoms with Gasteiger partial charge in [0.2, 0.25) is 0 Å². The molecule has 92 valence electrons. The van der Waals surface area contributed by atoms with Crippen LogP contribution < -0.4 is 5.32 Å². The molecular formula is C12H15NO4. The summed E-state index contributed by atoms with van der Waals surface area (Å²) in [5.74, 6) is -0.130. The van der Waals surface area contributed by atoms with Crippen LogP contribution in [0.2, 0.25) is 0 Å². The van der Waals surface area contributed by atoms with Crippen LogP contribution >= 0.6 is 0 Å². The van der Waals surface area contributed by atoms with Gasteiger partial charge in [-0.15, -0.1) is 0 Å². The summed E-state index contributed by atoms with van der Waals surface area (Å²) in [6.45, 7) is 5.25. The molecule has 5 nitrogen and oxygen atoms in total. The maximum absolute atomic E-state index is 11.4. The molecule has 0 fully saturated rings. The second-order valence-electron chi connectivity index (χ2n) is 4.52. The Hall–Kier alpha value is -2.04. The standard InChI is InChI=1S/C12H15NO4/c1-12(2,3)17-11(16)13-9-4-5-10(15)8(6-9)7-14/h4-7,15H,1-3H3,(H,13,16). The number of hydrogen-bond acceptors (Lipinski definition) is 4. The minimum atomic E-state index is -0.611. The normalized spacial score (nSPS) is 10.8. The zero-order chi connectivity index (χ0) is 13.1. The van der Waals surface area contributed by atoms with Crippen molar-refractivity contribution in [3.63, 3.8) is 0 Å². The van der Waals surface area contributed by atoms with Crippen LogP contribution in [0.15, 0.2) is 18.2 Å². The Bertz CT molecular complexity index is 435. The Morgan fingerprint density at radius 1 is 1.41 bits per heavy atom. The lowest BCUT2D eigenvalue weighted by Gasteiger charge is -2.19. The Balaban J connectivity index is 2.75. The van der Waals surface area contributed by atoms with Gasteiger partial charge in [-0.05, 0) is 39.0 Å². The molecule has 0 heterocycles. The number of nitrogens with one attached hydrogen (secondary N) is 1. The van der Waals surface area contributed by atoms with E-state index in [4.69, 9.17) is 4.74 Å². The van der Waals surface area contributed by atoms with Crippen LogP contribution in [0.3, 0.4) is 0 Å². The van der Waals surface area contributed by atoms with Gasteiger partial charge in [0.1, 0.15) is 11.4 Å². The molecule has 2 N–H and O–H groups in total. The fourth-order valence-electron chi connectivity index (χ4n) is 1.15. The summed E-state index contributed by atoms with van der Waals surface area (Å²) < 4.78 is 5.04. The number of rotatable bonds is 2. The number of carbonyl (C=O) groups excluding carboxylic acids is 2. The fourth-order valence-corrected chi connectivity index (χ4v) is 1.15. The van der Waals surface area contributed by atoms with E-state index in [1.807, 2.05) is 0 Å². The lowest BCUT2D eigenvalue weighted by Crippen LogP contribution is -2.27. The molecule has 1 aromatic carbocycles. The smallest absolute Gasteiger partial charge is 0.412 e. The first kappa shape index (κ1) is 13.0. The Morgan fingerprint density at radius 2 is 2.06 bits per heavy atom. The molecule has 0 saturated carbocycles. The number of benzene rings is 1. The second-order valence-corrected chi connectivity index (χ2v) is 4.52. The van der Waals surface area contributed by atoms with Gasteiger partial charge in [0, 0.05) is 5.69 Å². The SMILES string of the molecule is CC(C)(C)OC(=O)Nc1ccc(O)c(C=O)c1. The molecule has 1 amide bonds. The molecule has 0 unspecified atom stereocenters. The number of aldehydes is 1. The van der Waals surface area contributed by atoms with Crippen molar-refractivity contribution in [1.29, 1.82) is 0 Å². The van der Waals surface area contributed by atoms with Crippen LogP contribution in [-0.4, -0.2) is 23.1 Å². The Morgan fingerprint density at radius 3 is 2.59 bits per heavy atom. The van der Waals surface area contributed by atoms with E-state index < -0.39 is 11.7 Å². The summed E-state index contributed by atoms with van der Waals surface area (Å²) in [7, 11) is 0. The van der Waals surface area contributed by atoms with E-state index in [9.17, 15) is 14.7 Å². The molecule has 0 aliphatic heterocycles. The summed E-state index contributed by atoms with van der Waals surface area (Å²) in [6, 6.07) is 4.18. The van der Waals surface area contributed by atoms with Crippen LogP contribution in [0.25, 0.3) is 0 Å². The van der Waals surface area contributed by atoms with Gasteiger partial charge in [0.15, 0.2) is 6.29 Å². The number of anilines is 1. The summed E-state index contributed by atoms with van der Waals surface area (Å²) >= 11 is 0. The Kier molecular flexibility index (Phi) is 3.73. The number of hydrogen-bond donors (Lipinski definition) is 2. The molecule has 0 atom stereocenters. The second kappa shape index (κ2) is 4.86. The third kappa shape index (κ3) is 4.14. The monoisotopic (exact) mass is 237 g/mol. The largest absolute Gasteiger partial charge is 0.507 e. The molecular weight excluding hydrogens is 222 g/mol. The highest BCUT2D eigenvalue weighted by molar-refractivity contribution is 5.88. The van der Waals surface area contributed by atoms with E-state index in [0.717, 1.165) is 0 Å². The van der Waals surface area contributed by atoms with Gasteiger partial charge in [0.05, 0.1) is 5.56 Å². The molecule has 0 bridgehead atoms. The minimum absolute atomic E-state index is 0.110. The fraction of sp³-hybridized carbons (Fsp3) is 0.333. The van der Waals surface area contributed by atoms with Crippen molar-refractivity contribution in [3.05, 3.63) is 23.8 Å². The van der Waals surface area contributed by atoms with Gasteiger partial charge < -0.3 is 9.84 Å². The summed E-state index contributed by atoms with van der Waals surface area (Å²) in [5, 5.41) is 11.7. The molecule has 0 radical (unpaired) electrons. The van der Waals surface area contributed by atoms with Crippen molar-refractivity contribution in [3.8, 4) is 5.75 Å². The number of aromatic hydroxyl groups is 1. The summed E-state index contributed by atoms with van der Waals surface area (Å²) in [4.78, 5) is 22.0. The third-order valence-corrected chi connectivity index (χ3v) is 1.80. The van der Waals surface area contributed by atoms with Crippen molar-refractivity contribution in [2.45, 2.75) is 26.4 Å². The average molecular weight is 237 g/mol. The van der Waals surface area contributed by atoms with Crippen LogP contribution in [0.4, 0.5) is 10.5 Å². The number of carbonyl (C=O) groups is 2. The third-order valence-electron chi connectivity index (χ3n) is 1.80. The highest BCUT2D eigenvalue weighted by atomic mass is 16.6. The van der Waals surface area contributed by atoms with E-state index in [0.29, 0.717) is 12.0 Å². The average Bonchev–Trinajstić information content (AvgIpc) is 2.18. The van der Waals surface area contributed by atoms with Gasteiger partial charge in [-0.3, -0.25) is 10.1 Å². The van der Waals surface area contributed by atoms with Gasteiger partial charge >= 0.3 is 6.09 Å². The van der Waals surface area contributed by atoms with Gasteiger partial charge in [-0.1, -0.05) is 0 Å². The van der Waals surface area contributed by atoms with Crippen molar-refractivity contribution in [1.82, 2.24) is 0 Å². The van der Waals surface area contributed by atoms with Crippen molar-refractivity contribution < 1.29 is 19.4 Å². The van der Waals surface area contributed by atoms with Gasteiger partial charge in [-0.2, -0.15) is 0 Å². The first-order valence-electron chi connectivity index (χ1n) is 5.10. The predicted molar refractivity (Wildman–Crippen MR) is 63.4 cm³/mol. The van der Waals surface area contributed by atoms with Gasteiger partial charge in [-0.25, -0.2) is 4.79 Å². The zero-order valence-electron chi connectivity index (χ0n) is 9.98. The molecule has 0 aliphatic rings. The predicted octanol–water partition coefficient (Wildman–Crippen LogP) is 2.55. The molecule has 17 heavy (non-hydrogen) atoms. The highest BCUT2D eigenvalue weighted by Crippen LogP contribution is 2.20. The summed E-state index contributed by atoms with van der Waals surface area (Å²) in [5.41, 5.74) is -0.0909. The highest BCUT2D eigenvalue weighted by Gasteiger charge is 2.16. The molecule has 1 rings (SSSR count). The number of ether oxygens (including phenoxy) is 1. The minimum Gasteiger partial charge on any atom is -0.507 e. The van der Waals surface area contributed by atoms with Crippen LogP contribution in [-0.2, 0) is 4.74 Å². The van der Waals surface area contributed by atoms with Crippen LogP contribution in [0.1, 0.15) is 31.1 Å². The van der Waals surface area contributed by atoms with E-state index in [2.05, 4.69) is 5.32 Å². The lowest BCUT2D eigenvalue weighted by atomic mass is 10.2. The van der Waals surface area contributed by atoms with E-state index in [1.165, 1.54) is 18.2 Å². The lowest BCUT2D eigenvalue weighted by molar-refractivity contribution is 0.0635. The van der Waals surface area contributed by atoms with Crippen molar-refractivity contribution in [2.24, 2.45) is 0 Å². The van der Waals surface area contributed by atoms with E-state index in [1.54, 1.807) is 20.8 Å². The number of amides is 1. The van der Waals surface area contributed by atoms with E-state index in [-0.39, 0.29) is 11.3 Å². The molecule has 0 aliphatic carbocycles. The zero-order valence-corrected chi connectivity index (χ0v) is 9.98. The first-order chi connectivity index (χ1) is 7.81. The topological polar surface area (TPSA) is 75.6 Å². The number of phenols is 1.